The molecule has 94 valence electrons. The van der Waals surface area contributed by atoms with E-state index in [1.807, 2.05) is 45.0 Å². The molecule has 1 aromatic heterocycles. The summed E-state index contributed by atoms with van der Waals surface area (Å²) in [5.74, 6) is 0.864. The van der Waals surface area contributed by atoms with Crippen molar-refractivity contribution in [3.63, 3.8) is 0 Å². The minimum Gasteiger partial charge on any atom is -0.494 e. The molecule has 1 aromatic carbocycles. The Morgan fingerprint density at radius 1 is 1.28 bits per heavy atom. The predicted octanol–water partition coefficient (Wildman–Crippen LogP) is 2.45. The number of aryl methyl sites for hydroxylation is 2. The molecule has 4 nitrogen and oxygen atoms in total. The van der Waals surface area contributed by atoms with Gasteiger partial charge in [-0.2, -0.15) is 4.98 Å². The summed E-state index contributed by atoms with van der Waals surface area (Å²) < 4.78 is 5.49. The van der Waals surface area contributed by atoms with Crippen LogP contribution in [0, 0.1) is 13.8 Å². The molecule has 1 heterocycles. The number of ether oxygens (including phenoxy) is 1. The molecule has 0 aliphatic rings. The number of H-pyrrole nitrogens is 1. The van der Waals surface area contributed by atoms with Crippen molar-refractivity contribution < 1.29 is 4.74 Å². The van der Waals surface area contributed by atoms with Gasteiger partial charge in [0.05, 0.1) is 12.3 Å². The second-order valence-electron chi connectivity index (χ2n) is 4.17. The standard InChI is InChI=1S/C14H16N2O2/c1-4-18-13-6-5-11(7-9(13)2)12-8-10(3)15-14(17)16-12/h5-8H,4H2,1-3H3,(H,15,16,17). The molecule has 18 heavy (non-hydrogen) atoms. The molecule has 0 bridgehead atoms. The smallest absolute Gasteiger partial charge is 0.345 e. The van der Waals surface area contributed by atoms with Crippen molar-refractivity contribution in [2.24, 2.45) is 0 Å². The molecule has 0 saturated heterocycles. The van der Waals surface area contributed by atoms with E-state index in [0.717, 1.165) is 22.6 Å². The average Bonchev–Trinajstić information content (AvgIpc) is 2.30. The van der Waals surface area contributed by atoms with Crippen LogP contribution in [-0.4, -0.2) is 16.6 Å². The van der Waals surface area contributed by atoms with Crippen LogP contribution in [0.25, 0.3) is 11.3 Å². The fourth-order valence-corrected chi connectivity index (χ4v) is 1.85. The highest BCUT2D eigenvalue weighted by Gasteiger charge is 2.05. The molecule has 1 N–H and O–H groups in total. The lowest BCUT2D eigenvalue weighted by Crippen LogP contribution is -2.11. The minimum absolute atomic E-state index is 0.323. The van der Waals surface area contributed by atoms with Gasteiger partial charge in [0, 0.05) is 11.3 Å². The van der Waals surface area contributed by atoms with Crippen molar-refractivity contribution in [1.29, 1.82) is 0 Å². The number of nitrogens with one attached hydrogen (secondary N) is 1. The monoisotopic (exact) mass is 244 g/mol. The van der Waals surface area contributed by atoms with Gasteiger partial charge in [0.1, 0.15) is 5.75 Å². The van der Waals surface area contributed by atoms with Crippen LogP contribution in [0.2, 0.25) is 0 Å². The van der Waals surface area contributed by atoms with Gasteiger partial charge in [-0.05, 0) is 50.6 Å². The first kappa shape index (κ1) is 12.4. The first-order chi connectivity index (χ1) is 8.60. The third-order valence-corrected chi connectivity index (χ3v) is 2.65. The summed E-state index contributed by atoms with van der Waals surface area (Å²) in [5.41, 5.74) is 3.12. The molecule has 0 amide bonds. The van der Waals surface area contributed by atoms with Gasteiger partial charge in [-0.1, -0.05) is 0 Å². The number of hydrogen-bond acceptors (Lipinski definition) is 3. The Morgan fingerprint density at radius 3 is 2.67 bits per heavy atom. The fraction of sp³-hybridized carbons (Fsp3) is 0.286. The van der Waals surface area contributed by atoms with E-state index in [1.54, 1.807) is 0 Å². The van der Waals surface area contributed by atoms with Crippen LogP contribution in [0.1, 0.15) is 18.2 Å². The summed E-state index contributed by atoms with van der Waals surface area (Å²) >= 11 is 0. The maximum atomic E-state index is 11.3. The van der Waals surface area contributed by atoms with Gasteiger partial charge in [-0.3, -0.25) is 0 Å². The molecular weight excluding hydrogens is 228 g/mol. The van der Waals surface area contributed by atoms with Gasteiger partial charge >= 0.3 is 5.69 Å². The molecule has 2 aromatic rings. The quantitative estimate of drug-likeness (QED) is 0.902. The van der Waals surface area contributed by atoms with Gasteiger partial charge in [0.25, 0.3) is 0 Å². The van der Waals surface area contributed by atoms with Crippen LogP contribution < -0.4 is 10.4 Å². The maximum absolute atomic E-state index is 11.3. The number of nitrogens with zero attached hydrogens (tertiary/aromatic N) is 1. The van der Waals surface area contributed by atoms with Crippen LogP contribution >= 0.6 is 0 Å². The normalized spacial score (nSPS) is 10.4. The first-order valence-electron chi connectivity index (χ1n) is 5.92. The highest BCUT2D eigenvalue weighted by atomic mass is 16.5. The van der Waals surface area contributed by atoms with Gasteiger partial charge < -0.3 is 9.72 Å². The lowest BCUT2D eigenvalue weighted by molar-refractivity contribution is 0.338. The topological polar surface area (TPSA) is 55.0 Å². The molecule has 0 unspecified atom stereocenters. The zero-order valence-corrected chi connectivity index (χ0v) is 10.8. The van der Waals surface area contributed by atoms with Crippen molar-refractivity contribution in [3.8, 4) is 17.0 Å². The van der Waals surface area contributed by atoms with E-state index in [0.29, 0.717) is 12.3 Å². The second-order valence-corrected chi connectivity index (χ2v) is 4.17. The van der Waals surface area contributed by atoms with Crippen molar-refractivity contribution >= 4 is 0 Å². The number of aromatic amines is 1. The van der Waals surface area contributed by atoms with E-state index in [9.17, 15) is 4.79 Å². The molecule has 4 heteroatoms. The predicted molar refractivity (Wildman–Crippen MR) is 70.9 cm³/mol. The van der Waals surface area contributed by atoms with E-state index < -0.39 is 0 Å². The van der Waals surface area contributed by atoms with Crippen LogP contribution in [0.4, 0.5) is 0 Å². The first-order valence-corrected chi connectivity index (χ1v) is 5.92. The van der Waals surface area contributed by atoms with Gasteiger partial charge in [0.2, 0.25) is 0 Å². The Labute approximate surface area is 106 Å². The van der Waals surface area contributed by atoms with Crippen molar-refractivity contribution in [3.05, 3.63) is 46.0 Å². The van der Waals surface area contributed by atoms with Crippen molar-refractivity contribution in [2.75, 3.05) is 6.61 Å². The number of rotatable bonds is 3. The molecule has 0 fully saturated rings. The average molecular weight is 244 g/mol. The number of aromatic nitrogens is 2. The highest BCUT2D eigenvalue weighted by Crippen LogP contribution is 2.24. The summed E-state index contributed by atoms with van der Waals surface area (Å²) in [6.45, 7) is 6.42. The van der Waals surface area contributed by atoms with Crippen molar-refractivity contribution in [2.45, 2.75) is 20.8 Å². The summed E-state index contributed by atoms with van der Waals surface area (Å²) in [4.78, 5) is 18.0. The zero-order valence-electron chi connectivity index (χ0n) is 10.8. The molecule has 0 aliphatic heterocycles. The van der Waals surface area contributed by atoms with E-state index >= 15 is 0 Å². The third-order valence-electron chi connectivity index (χ3n) is 2.65. The number of hydrogen-bond donors (Lipinski definition) is 1. The van der Waals surface area contributed by atoms with Gasteiger partial charge in [-0.25, -0.2) is 4.79 Å². The zero-order chi connectivity index (χ0) is 13.1. The minimum atomic E-state index is -0.323. The molecular formula is C14H16N2O2. The largest absolute Gasteiger partial charge is 0.494 e. The molecule has 2 rings (SSSR count). The molecule has 0 saturated carbocycles. The third kappa shape index (κ3) is 2.59. The SMILES string of the molecule is CCOc1ccc(-c2cc(C)[nH]c(=O)n2)cc1C. The highest BCUT2D eigenvalue weighted by molar-refractivity contribution is 5.61. The summed E-state index contributed by atoms with van der Waals surface area (Å²) in [6.07, 6.45) is 0. The Hall–Kier alpha value is -2.10. The van der Waals surface area contributed by atoms with Crippen molar-refractivity contribution in [1.82, 2.24) is 9.97 Å². The van der Waals surface area contributed by atoms with E-state index in [1.165, 1.54) is 0 Å². The number of benzene rings is 1. The summed E-state index contributed by atoms with van der Waals surface area (Å²) in [5, 5.41) is 0. The van der Waals surface area contributed by atoms with E-state index in [-0.39, 0.29) is 5.69 Å². The maximum Gasteiger partial charge on any atom is 0.345 e. The Balaban J connectivity index is 2.45. The van der Waals surface area contributed by atoms with Gasteiger partial charge in [-0.15, -0.1) is 0 Å². The Morgan fingerprint density at radius 2 is 2.06 bits per heavy atom. The van der Waals surface area contributed by atoms with E-state index in [2.05, 4.69) is 9.97 Å². The van der Waals surface area contributed by atoms with Crippen LogP contribution in [0.3, 0.4) is 0 Å². The lowest BCUT2D eigenvalue weighted by atomic mass is 10.1. The Bertz CT molecular complexity index is 617. The molecule has 0 aliphatic carbocycles. The second kappa shape index (κ2) is 5.04. The lowest BCUT2D eigenvalue weighted by Gasteiger charge is -2.08. The van der Waals surface area contributed by atoms with Crippen LogP contribution in [0.15, 0.2) is 29.1 Å². The van der Waals surface area contributed by atoms with Gasteiger partial charge in [0.15, 0.2) is 0 Å². The summed E-state index contributed by atoms with van der Waals surface area (Å²) in [7, 11) is 0. The molecule has 0 atom stereocenters. The van der Waals surface area contributed by atoms with E-state index in [4.69, 9.17) is 4.74 Å². The Kier molecular flexibility index (Phi) is 3.46. The molecule has 0 spiro atoms. The fourth-order valence-electron chi connectivity index (χ4n) is 1.85. The molecule has 0 radical (unpaired) electrons. The van der Waals surface area contributed by atoms with Crippen LogP contribution in [-0.2, 0) is 0 Å². The summed E-state index contributed by atoms with van der Waals surface area (Å²) in [6, 6.07) is 7.66. The van der Waals surface area contributed by atoms with Crippen LogP contribution in [0.5, 0.6) is 5.75 Å².